The molecule has 24 heavy (non-hydrogen) atoms. The standard InChI is InChI=1S/C17H23N5OS/c1-11(2)22-16(21(3)4)19-20-17(22)24-14-10-9-12-7-5-6-8-13(12)18-15(14)23/h5-8,11,14H,9-10H2,1-4H3,(H,18,23)/t14-/m1/s1. The Bertz CT molecular complexity index is 740. The highest BCUT2D eigenvalue weighted by Gasteiger charge is 2.28. The third kappa shape index (κ3) is 3.26. The van der Waals surface area contributed by atoms with E-state index >= 15 is 0 Å². The van der Waals surface area contributed by atoms with Gasteiger partial charge in [-0.3, -0.25) is 9.36 Å². The maximum absolute atomic E-state index is 12.6. The zero-order valence-corrected chi connectivity index (χ0v) is 15.3. The van der Waals surface area contributed by atoms with Crippen LogP contribution in [0.3, 0.4) is 0 Å². The molecule has 0 aliphatic carbocycles. The van der Waals surface area contributed by atoms with Crippen LogP contribution in [0, 0.1) is 0 Å². The topological polar surface area (TPSA) is 63.1 Å². The summed E-state index contributed by atoms with van der Waals surface area (Å²) >= 11 is 1.50. The zero-order chi connectivity index (χ0) is 17.3. The first-order valence-corrected chi connectivity index (χ1v) is 9.03. The van der Waals surface area contributed by atoms with Crippen LogP contribution in [0.2, 0.25) is 0 Å². The molecule has 1 aromatic carbocycles. The number of aromatic nitrogens is 3. The van der Waals surface area contributed by atoms with Gasteiger partial charge in [-0.1, -0.05) is 30.0 Å². The van der Waals surface area contributed by atoms with Crippen molar-refractivity contribution in [2.75, 3.05) is 24.3 Å². The molecule has 1 aliphatic rings. The fraction of sp³-hybridized carbons (Fsp3) is 0.471. The van der Waals surface area contributed by atoms with Crippen molar-refractivity contribution in [2.24, 2.45) is 0 Å². The van der Waals surface area contributed by atoms with Crippen LogP contribution in [-0.4, -0.2) is 40.0 Å². The molecule has 0 saturated carbocycles. The number of carbonyl (C=O) groups excluding carboxylic acids is 1. The van der Waals surface area contributed by atoms with Crippen molar-refractivity contribution < 1.29 is 4.79 Å². The van der Waals surface area contributed by atoms with Crippen molar-refractivity contribution in [3.8, 4) is 0 Å². The van der Waals surface area contributed by atoms with E-state index in [4.69, 9.17) is 0 Å². The number of benzene rings is 1. The molecule has 1 aliphatic heterocycles. The number of para-hydroxylation sites is 1. The molecule has 7 heteroatoms. The molecule has 0 unspecified atom stereocenters. The second-order valence-corrected chi connectivity index (χ2v) is 7.60. The summed E-state index contributed by atoms with van der Waals surface area (Å²) in [5, 5.41) is 12.3. The van der Waals surface area contributed by atoms with Gasteiger partial charge in [0.05, 0.1) is 5.25 Å². The lowest BCUT2D eigenvalue weighted by Crippen LogP contribution is -2.24. The lowest BCUT2D eigenvalue weighted by atomic mass is 10.1. The molecule has 0 spiro atoms. The summed E-state index contributed by atoms with van der Waals surface area (Å²) < 4.78 is 2.08. The Labute approximate surface area is 146 Å². The van der Waals surface area contributed by atoms with Crippen molar-refractivity contribution >= 4 is 29.3 Å². The van der Waals surface area contributed by atoms with Gasteiger partial charge >= 0.3 is 0 Å². The number of nitrogens with one attached hydrogen (secondary N) is 1. The van der Waals surface area contributed by atoms with E-state index in [0.717, 1.165) is 29.6 Å². The van der Waals surface area contributed by atoms with Crippen molar-refractivity contribution in [3.63, 3.8) is 0 Å². The molecule has 0 fully saturated rings. The number of rotatable bonds is 4. The van der Waals surface area contributed by atoms with E-state index in [2.05, 4.69) is 40.0 Å². The van der Waals surface area contributed by atoms with E-state index in [1.165, 1.54) is 17.3 Å². The Kier molecular flexibility index (Phi) is 4.80. The Hall–Kier alpha value is -2.02. The Morgan fingerprint density at radius 1 is 1.29 bits per heavy atom. The maximum atomic E-state index is 12.6. The number of nitrogens with zero attached hydrogens (tertiary/aromatic N) is 4. The molecular formula is C17H23N5OS. The van der Waals surface area contributed by atoms with E-state index in [-0.39, 0.29) is 17.2 Å². The molecule has 0 bridgehead atoms. The molecule has 0 radical (unpaired) electrons. The number of hydrogen-bond donors (Lipinski definition) is 1. The first kappa shape index (κ1) is 16.8. The molecule has 2 aromatic rings. The van der Waals surface area contributed by atoms with Crippen LogP contribution in [-0.2, 0) is 11.2 Å². The van der Waals surface area contributed by atoms with Crippen molar-refractivity contribution in [1.29, 1.82) is 0 Å². The summed E-state index contributed by atoms with van der Waals surface area (Å²) in [6.07, 6.45) is 1.67. The highest BCUT2D eigenvalue weighted by molar-refractivity contribution is 8.00. The molecule has 1 aromatic heterocycles. The van der Waals surface area contributed by atoms with Crippen LogP contribution in [0.1, 0.15) is 31.9 Å². The van der Waals surface area contributed by atoms with Crippen LogP contribution < -0.4 is 10.2 Å². The molecular weight excluding hydrogens is 322 g/mol. The summed E-state index contributed by atoms with van der Waals surface area (Å²) in [6.45, 7) is 4.20. The van der Waals surface area contributed by atoms with E-state index in [0.29, 0.717) is 0 Å². The number of thioether (sulfide) groups is 1. The smallest absolute Gasteiger partial charge is 0.237 e. The van der Waals surface area contributed by atoms with Gasteiger partial charge in [0.25, 0.3) is 0 Å². The average Bonchev–Trinajstić information content (AvgIpc) is 2.89. The summed E-state index contributed by atoms with van der Waals surface area (Å²) in [7, 11) is 3.90. The monoisotopic (exact) mass is 345 g/mol. The molecule has 6 nitrogen and oxygen atoms in total. The summed E-state index contributed by atoms with van der Waals surface area (Å²) in [6, 6.07) is 8.22. The Morgan fingerprint density at radius 3 is 2.75 bits per heavy atom. The number of amides is 1. The molecule has 3 rings (SSSR count). The minimum Gasteiger partial charge on any atom is -0.347 e. The maximum Gasteiger partial charge on any atom is 0.237 e. The van der Waals surface area contributed by atoms with Gasteiger partial charge < -0.3 is 10.2 Å². The lowest BCUT2D eigenvalue weighted by Gasteiger charge is -2.19. The molecule has 2 heterocycles. The molecule has 1 atom stereocenters. The van der Waals surface area contributed by atoms with Crippen LogP contribution in [0.4, 0.5) is 11.6 Å². The van der Waals surface area contributed by atoms with Crippen LogP contribution in [0.25, 0.3) is 0 Å². The quantitative estimate of drug-likeness (QED) is 0.923. The Morgan fingerprint density at radius 2 is 2.04 bits per heavy atom. The third-order valence-corrected chi connectivity index (χ3v) is 5.28. The number of carbonyl (C=O) groups is 1. The highest BCUT2D eigenvalue weighted by Crippen LogP contribution is 2.33. The van der Waals surface area contributed by atoms with Gasteiger partial charge in [-0.05, 0) is 38.3 Å². The van der Waals surface area contributed by atoms with Gasteiger partial charge in [-0.2, -0.15) is 0 Å². The number of aryl methyl sites for hydroxylation is 1. The molecule has 1 amide bonds. The van der Waals surface area contributed by atoms with Gasteiger partial charge in [0.15, 0.2) is 5.16 Å². The van der Waals surface area contributed by atoms with Gasteiger partial charge in [0, 0.05) is 25.8 Å². The first-order chi connectivity index (χ1) is 11.5. The molecule has 1 N–H and O–H groups in total. The fourth-order valence-corrected chi connectivity index (χ4v) is 3.99. The third-order valence-electron chi connectivity index (χ3n) is 4.05. The SMILES string of the molecule is CC(C)n1c(S[C@@H]2CCc3ccccc3NC2=O)nnc1N(C)C. The predicted molar refractivity (Wildman–Crippen MR) is 97.8 cm³/mol. The normalized spacial score (nSPS) is 17.4. The lowest BCUT2D eigenvalue weighted by molar-refractivity contribution is -0.115. The minimum absolute atomic E-state index is 0.0367. The van der Waals surface area contributed by atoms with Gasteiger partial charge in [0.2, 0.25) is 11.9 Å². The van der Waals surface area contributed by atoms with E-state index in [1.54, 1.807) is 0 Å². The van der Waals surface area contributed by atoms with Gasteiger partial charge in [-0.15, -0.1) is 10.2 Å². The van der Waals surface area contributed by atoms with E-state index in [9.17, 15) is 4.79 Å². The Balaban J connectivity index is 1.83. The van der Waals surface area contributed by atoms with Crippen LogP contribution >= 0.6 is 11.8 Å². The van der Waals surface area contributed by atoms with E-state index in [1.807, 2.05) is 37.2 Å². The van der Waals surface area contributed by atoms with E-state index < -0.39 is 0 Å². The second-order valence-electron chi connectivity index (χ2n) is 6.43. The molecule has 128 valence electrons. The summed E-state index contributed by atoms with van der Waals surface area (Å²) in [4.78, 5) is 14.5. The summed E-state index contributed by atoms with van der Waals surface area (Å²) in [5.41, 5.74) is 2.11. The van der Waals surface area contributed by atoms with Crippen molar-refractivity contribution in [3.05, 3.63) is 29.8 Å². The van der Waals surface area contributed by atoms with Crippen LogP contribution in [0.15, 0.2) is 29.4 Å². The number of anilines is 2. The van der Waals surface area contributed by atoms with Crippen molar-refractivity contribution in [1.82, 2.24) is 14.8 Å². The number of fused-ring (bicyclic) bond motifs is 1. The largest absolute Gasteiger partial charge is 0.347 e. The second kappa shape index (κ2) is 6.84. The van der Waals surface area contributed by atoms with Gasteiger partial charge in [0.1, 0.15) is 0 Å². The summed E-state index contributed by atoms with van der Waals surface area (Å²) in [5.74, 6) is 0.847. The average molecular weight is 345 g/mol. The highest BCUT2D eigenvalue weighted by atomic mass is 32.2. The van der Waals surface area contributed by atoms with Crippen molar-refractivity contribution in [2.45, 2.75) is 43.1 Å². The fourth-order valence-electron chi connectivity index (χ4n) is 2.84. The predicted octanol–water partition coefficient (Wildman–Crippen LogP) is 2.97. The first-order valence-electron chi connectivity index (χ1n) is 8.15. The van der Waals surface area contributed by atoms with Crippen LogP contribution in [0.5, 0.6) is 0 Å². The van der Waals surface area contributed by atoms with Gasteiger partial charge in [-0.25, -0.2) is 0 Å². The minimum atomic E-state index is -0.172. The zero-order valence-electron chi connectivity index (χ0n) is 14.5. The number of hydrogen-bond acceptors (Lipinski definition) is 5. The molecule has 0 saturated heterocycles.